The van der Waals surface area contributed by atoms with Crippen molar-refractivity contribution < 1.29 is 48.3 Å². The largest absolute Gasteiger partial charge is 0.480 e. The fourth-order valence-corrected chi connectivity index (χ4v) is 7.18. The first-order chi connectivity index (χ1) is 29.9. The number of nitrogens with one attached hydrogen (secondary N) is 7. The van der Waals surface area contributed by atoms with Gasteiger partial charge in [0.25, 0.3) is 0 Å². The number of hydrogen-bond donors (Lipinski definition) is 8. The van der Waals surface area contributed by atoms with E-state index in [4.69, 9.17) is 0 Å². The van der Waals surface area contributed by atoms with Gasteiger partial charge in [-0.2, -0.15) is 0 Å². The van der Waals surface area contributed by atoms with Gasteiger partial charge >= 0.3 is 12.0 Å². The maximum Gasteiger partial charge on any atom is 0.326 e. The third kappa shape index (κ3) is 15.5. The number of ketones is 1. The molecular weight excluding hydrogens is 813 g/mol. The van der Waals surface area contributed by atoms with Crippen molar-refractivity contribution in [3.8, 4) is 0 Å². The van der Waals surface area contributed by atoms with Crippen molar-refractivity contribution in [2.75, 3.05) is 18.9 Å². The average molecular weight is 877 g/mol. The third-order valence-electron chi connectivity index (χ3n) is 11.0. The van der Waals surface area contributed by atoms with E-state index < -0.39 is 102 Å². The molecule has 0 bridgehead atoms. The zero-order chi connectivity index (χ0) is 46.8. The average Bonchev–Trinajstić information content (AvgIpc) is 3.24. The summed E-state index contributed by atoms with van der Waals surface area (Å²) in [7, 11) is 1.32. The van der Waals surface area contributed by atoms with Gasteiger partial charge in [0.05, 0.1) is 5.69 Å². The summed E-state index contributed by atoms with van der Waals surface area (Å²) in [5, 5.41) is 28.3. The van der Waals surface area contributed by atoms with Crippen molar-refractivity contribution in [2.24, 2.45) is 17.8 Å². The van der Waals surface area contributed by atoms with Gasteiger partial charge in [-0.3, -0.25) is 33.6 Å². The van der Waals surface area contributed by atoms with Gasteiger partial charge in [-0.05, 0) is 61.1 Å². The Labute approximate surface area is 368 Å². The molecule has 344 valence electrons. The Bertz CT molecular complexity index is 1930. The number of amides is 8. The van der Waals surface area contributed by atoms with E-state index in [9.17, 15) is 48.3 Å². The van der Waals surface area contributed by atoms with Gasteiger partial charge in [0.2, 0.25) is 35.9 Å². The fourth-order valence-electron chi connectivity index (χ4n) is 7.18. The Morgan fingerprint density at radius 2 is 1.49 bits per heavy atom. The summed E-state index contributed by atoms with van der Waals surface area (Å²) in [6.07, 6.45) is 1.05. The number of nitrogens with zero attached hydrogens (tertiary/aromatic N) is 1. The number of aliphatic carboxylic acids is 1. The van der Waals surface area contributed by atoms with Gasteiger partial charge in [-0.25, -0.2) is 9.59 Å². The van der Waals surface area contributed by atoms with E-state index in [0.717, 1.165) is 4.90 Å². The van der Waals surface area contributed by atoms with Crippen LogP contribution in [0, 0.1) is 17.8 Å². The van der Waals surface area contributed by atoms with Gasteiger partial charge in [-0.15, -0.1) is 0 Å². The first-order valence-electron chi connectivity index (χ1n) is 21.5. The number of Topliss-reactive ketones (excluding diaryl/α,β-unsaturated/α-hetero) is 1. The Morgan fingerprint density at radius 1 is 0.841 bits per heavy atom. The molecule has 63 heavy (non-hydrogen) atoms. The van der Waals surface area contributed by atoms with Crippen LogP contribution in [-0.2, 0) is 40.0 Å². The zero-order valence-corrected chi connectivity index (χ0v) is 37.2. The molecule has 0 unspecified atom stereocenters. The second-order valence-corrected chi connectivity index (χ2v) is 16.7. The fraction of sp³-hybridized carbons (Fsp3) is 0.533. The van der Waals surface area contributed by atoms with Gasteiger partial charge < -0.3 is 47.2 Å². The van der Waals surface area contributed by atoms with Crippen molar-refractivity contribution in [3.05, 3.63) is 65.7 Å². The highest BCUT2D eigenvalue weighted by molar-refractivity contribution is 6.06. The maximum absolute atomic E-state index is 14.6. The second kappa shape index (κ2) is 24.9. The monoisotopic (exact) mass is 876 g/mol. The molecular formula is C45H64N8O10. The third-order valence-corrected chi connectivity index (χ3v) is 11.0. The first kappa shape index (κ1) is 51.0. The molecule has 3 rings (SSSR count). The second-order valence-electron chi connectivity index (χ2n) is 16.7. The molecule has 1 aliphatic rings. The standard InChI is InChI=1S/C45H64N8O10/c1-8-28(6)38(44(61)62)52-45(63)50-32-20-14-15-21-46-39(56)33(23-29-16-10-9-11-17-29)48-41(58)35(24-36(55)30-18-12-13-19-31(30)47-25-54)53(7)43(60)34(22-26(2)3)49-42(59)37(27(4)5)51-40(32)57/h9-13,16-19,25-28,32-35,37-38H,8,14-15,20-24H2,1-7H3,(H,46,56)(H,47,54)(H,48,58)(H,49,59)(H,51,57)(H,61,62)(H2,50,52,63)/t28-,32-,33-,34-,35+,37-,38+/m0/s1. The van der Waals surface area contributed by atoms with Crippen LogP contribution >= 0.6 is 0 Å². The minimum absolute atomic E-state index is 0.0350. The van der Waals surface area contributed by atoms with Gasteiger partial charge in [-0.1, -0.05) is 90.4 Å². The minimum Gasteiger partial charge on any atom is -0.480 e. The topological polar surface area (TPSA) is 261 Å². The number of benzene rings is 2. The normalized spacial score (nSPS) is 21.9. The molecule has 2 aromatic rings. The molecule has 1 aliphatic heterocycles. The van der Waals surface area contributed by atoms with E-state index in [0.29, 0.717) is 24.8 Å². The number of hydrogen-bond acceptors (Lipinski definition) is 9. The quantitative estimate of drug-likeness (QED) is 0.0958. The highest BCUT2D eigenvalue weighted by atomic mass is 16.4. The van der Waals surface area contributed by atoms with Crippen LogP contribution in [0.2, 0.25) is 0 Å². The smallest absolute Gasteiger partial charge is 0.326 e. The number of anilines is 1. The summed E-state index contributed by atoms with van der Waals surface area (Å²) < 4.78 is 0. The molecule has 18 nitrogen and oxygen atoms in total. The van der Waals surface area contributed by atoms with Crippen LogP contribution < -0.4 is 37.2 Å². The van der Waals surface area contributed by atoms with E-state index in [1.165, 1.54) is 19.2 Å². The highest BCUT2D eigenvalue weighted by Gasteiger charge is 2.38. The lowest BCUT2D eigenvalue weighted by Gasteiger charge is -2.33. The molecule has 0 aromatic heterocycles. The summed E-state index contributed by atoms with van der Waals surface area (Å²) in [5.41, 5.74) is 0.973. The summed E-state index contributed by atoms with van der Waals surface area (Å²) in [6.45, 7) is 10.6. The van der Waals surface area contributed by atoms with Gasteiger partial charge in [0.1, 0.15) is 36.3 Å². The van der Waals surface area contributed by atoms with Gasteiger partial charge in [0, 0.05) is 32.0 Å². The molecule has 8 amide bonds. The van der Waals surface area contributed by atoms with Gasteiger partial charge in [0.15, 0.2) is 5.78 Å². The summed E-state index contributed by atoms with van der Waals surface area (Å²) >= 11 is 0. The Balaban J connectivity index is 2.10. The molecule has 0 saturated carbocycles. The van der Waals surface area contributed by atoms with Crippen LogP contribution in [0.1, 0.15) is 96.0 Å². The number of carboxylic acids is 1. The van der Waals surface area contributed by atoms with E-state index >= 15 is 0 Å². The van der Waals surface area contributed by atoms with Crippen molar-refractivity contribution in [1.82, 2.24) is 36.8 Å². The van der Waals surface area contributed by atoms with Crippen molar-refractivity contribution in [2.45, 2.75) is 123 Å². The lowest BCUT2D eigenvalue weighted by Crippen LogP contribution is -2.61. The molecule has 2 aromatic carbocycles. The number of carbonyl (C=O) groups is 9. The molecule has 0 radical (unpaired) electrons. The number of rotatable bonds is 15. The molecule has 7 atom stereocenters. The molecule has 8 N–H and O–H groups in total. The first-order valence-corrected chi connectivity index (χ1v) is 21.5. The van der Waals surface area contributed by atoms with Crippen molar-refractivity contribution in [1.29, 1.82) is 0 Å². The maximum atomic E-state index is 14.6. The lowest BCUT2D eigenvalue weighted by molar-refractivity contribution is -0.143. The Kier molecular flexibility index (Phi) is 20.2. The number of carboxylic acid groups (broad SMARTS) is 1. The molecule has 1 heterocycles. The number of carbonyl (C=O) groups excluding carboxylic acids is 8. The number of urea groups is 1. The molecule has 1 fully saturated rings. The molecule has 0 aliphatic carbocycles. The minimum atomic E-state index is -1.51. The molecule has 1 saturated heterocycles. The van der Waals surface area contributed by atoms with E-state index in [1.807, 2.05) is 13.8 Å². The summed E-state index contributed by atoms with van der Waals surface area (Å²) in [5.74, 6) is -6.54. The van der Waals surface area contributed by atoms with Crippen LogP contribution in [0.4, 0.5) is 10.5 Å². The summed E-state index contributed by atoms with van der Waals surface area (Å²) in [6, 6.07) is 6.55. The number of para-hydroxylation sites is 1. The van der Waals surface area contributed by atoms with Crippen LogP contribution in [0.3, 0.4) is 0 Å². The van der Waals surface area contributed by atoms with E-state index in [1.54, 1.807) is 70.2 Å². The van der Waals surface area contributed by atoms with Crippen LogP contribution in [0.25, 0.3) is 0 Å². The molecule has 0 spiro atoms. The predicted octanol–water partition coefficient (Wildman–Crippen LogP) is 2.52. The number of likely N-dealkylation sites (N-methyl/N-ethyl adjacent to an activating group) is 1. The molecule has 18 heteroatoms. The highest BCUT2D eigenvalue weighted by Crippen LogP contribution is 2.21. The SMILES string of the molecule is CC[C@H](C)[C@@H](NC(=O)N[C@H]1CCCCNC(=O)[C@H](Cc2ccccc2)NC(=O)[C@@H](CC(=O)c2ccccc2NC=O)N(C)C(=O)[C@H](CC(C)C)NC(=O)[C@H](C(C)C)NC1=O)C(=O)O. The van der Waals surface area contributed by atoms with Crippen molar-refractivity contribution >= 4 is 59.4 Å². The van der Waals surface area contributed by atoms with Crippen molar-refractivity contribution in [3.63, 3.8) is 0 Å². The lowest BCUT2D eigenvalue weighted by atomic mass is 9.97. The van der Waals surface area contributed by atoms with Crippen LogP contribution in [-0.4, -0.2) is 114 Å². The Hall–Kier alpha value is -6.33. The predicted molar refractivity (Wildman–Crippen MR) is 235 cm³/mol. The summed E-state index contributed by atoms with van der Waals surface area (Å²) in [4.78, 5) is 123. The Morgan fingerprint density at radius 3 is 2.11 bits per heavy atom. The van der Waals surface area contributed by atoms with E-state index in [2.05, 4.69) is 37.2 Å². The zero-order valence-electron chi connectivity index (χ0n) is 37.2. The van der Waals surface area contributed by atoms with Crippen LogP contribution in [0.5, 0.6) is 0 Å². The van der Waals surface area contributed by atoms with E-state index in [-0.39, 0.29) is 49.4 Å². The van der Waals surface area contributed by atoms with Crippen LogP contribution in [0.15, 0.2) is 54.6 Å².